The Balaban J connectivity index is 1.32. The number of halogens is 1. The zero-order valence-corrected chi connectivity index (χ0v) is 29.1. The summed E-state index contributed by atoms with van der Waals surface area (Å²) in [6.45, 7) is 5.27. The highest BCUT2D eigenvalue weighted by atomic mass is 35.5. The van der Waals surface area contributed by atoms with Crippen molar-refractivity contribution >= 4 is 33.2 Å². The third-order valence-corrected chi connectivity index (χ3v) is 13.6. The number of pyridine rings is 1. The summed E-state index contributed by atoms with van der Waals surface area (Å²) in [7, 11) is -3.98. The summed E-state index contributed by atoms with van der Waals surface area (Å²) in [4.78, 5) is 20.4. The number of amides is 1. The summed E-state index contributed by atoms with van der Waals surface area (Å²) in [5.74, 6) is -0.150. The van der Waals surface area contributed by atoms with Crippen LogP contribution in [0.15, 0.2) is 72.9 Å². The normalized spacial score (nSPS) is 32.1. The Morgan fingerprint density at radius 2 is 1.98 bits per heavy atom. The van der Waals surface area contributed by atoms with Gasteiger partial charge in [-0.3, -0.25) is 9.78 Å². The van der Waals surface area contributed by atoms with Crippen LogP contribution in [0.5, 0.6) is 5.75 Å². The number of nitrogens with one attached hydrogen (secondary N) is 1. The number of allylic oxidation sites excluding steroid dienone is 1. The van der Waals surface area contributed by atoms with E-state index in [0.717, 1.165) is 48.5 Å². The fourth-order valence-corrected chi connectivity index (χ4v) is 9.84. The highest BCUT2D eigenvalue weighted by Crippen LogP contribution is 2.49. The number of aromatic nitrogens is 1. The van der Waals surface area contributed by atoms with Crippen LogP contribution in [0.1, 0.15) is 73.1 Å². The van der Waals surface area contributed by atoms with Crippen LogP contribution in [0.2, 0.25) is 5.02 Å². The Kier molecular flexibility index (Phi) is 8.84. The minimum absolute atomic E-state index is 0.0346. The number of nitrogens with zero attached hydrogens (tertiary/aromatic N) is 2. The fraction of sp³-hybridized carbons (Fsp3) is 0.474. The molecule has 1 fully saturated rings. The lowest BCUT2D eigenvalue weighted by Crippen LogP contribution is -2.53. The summed E-state index contributed by atoms with van der Waals surface area (Å²) in [6.07, 6.45) is 11.1. The zero-order valence-electron chi connectivity index (χ0n) is 27.6. The monoisotopic (exact) mass is 689 g/mol. The highest BCUT2D eigenvalue weighted by Gasteiger charge is 2.48. The van der Waals surface area contributed by atoms with Gasteiger partial charge in [-0.1, -0.05) is 42.8 Å². The number of carbonyl (C=O) groups excluding carboxylic acids is 1. The molecular weight excluding hydrogens is 646 g/mol. The molecule has 1 spiro atoms. The number of hydrogen-bond donors (Lipinski definition) is 2. The van der Waals surface area contributed by atoms with Crippen molar-refractivity contribution in [2.45, 2.75) is 75.1 Å². The van der Waals surface area contributed by atoms with E-state index in [1.54, 1.807) is 31.3 Å². The third-order valence-electron chi connectivity index (χ3n) is 11.4. The van der Waals surface area contributed by atoms with Gasteiger partial charge < -0.3 is 14.7 Å². The average molecular weight is 690 g/mol. The van der Waals surface area contributed by atoms with Gasteiger partial charge in [0, 0.05) is 47.4 Å². The lowest BCUT2D eigenvalue weighted by molar-refractivity contribution is -0.0452. The number of carbonyl (C=O) groups is 1. The Hall–Kier alpha value is -3.40. The van der Waals surface area contributed by atoms with Crippen LogP contribution in [0.4, 0.5) is 5.69 Å². The zero-order chi connectivity index (χ0) is 33.7. The van der Waals surface area contributed by atoms with Crippen molar-refractivity contribution in [1.82, 2.24) is 9.71 Å². The second-order valence-electron chi connectivity index (χ2n) is 14.5. The molecule has 1 saturated carbocycles. The Labute approximate surface area is 288 Å². The summed E-state index contributed by atoms with van der Waals surface area (Å²) in [6, 6.07) is 17.1. The molecule has 7 rings (SSSR count). The van der Waals surface area contributed by atoms with Gasteiger partial charge in [-0.2, -0.15) is 0 Å². The average Bonchev–Trinajstić information content (AvgIpc) is 3.19. The number of anilines is 1. The molecule has 2 N–H and O–H groups in total. The van der Waals surface area contributed by atoms with E-state index in [-0.39, 0.29) is 28.7 Å². The number of fused-ring (bicyclic) bond motifs is 4. The molecule has 2 aliphatic carbocycles. The second kappa shape index (κ2) is 12.8. The van der Waals surface area contributed by atoms with Gasteiger partial charge in [0.25, 0.3) is 5.91 Å². The third kappa shape index (κ3) is 6.25. The van der Waals surface area contributed by atoms with Crippen molar-refractivity contribution in [3.8, 4) is 5.75 Å². The van der Waals surface area contributed by atoms with Crippen molar-refractivity contribution in [3.63, 3.8) is 0 Å². The minimum Gasteiger partial charge on any atom is -0.490 e. The van der Waals surface area contributed by atoms with Gasteiger partial charge >= 0.3 is 0 Å². The highest BCUT2D eigenvalue weighted by molar-refractivity contribution is 7.90. The summed E-state index contributed by atoms with van der Waals surface area (Å²) >= 11 is 6.44. The quantitative estimate of drug-likeness (QED) is 0.306. The van der Waals surface area contributed by atoms with Crippen LogP contribution in [0.3, 0.4) is 0 Å². The van der Waals surface area contributed by atoms with Crippen LogP contribution in [-0.4, -0.2) is 55.0 Å². The van der Waals surface area contributed by atoms with Crippen LogP contribution in [0.25, 0.3) is 0 Å². The maximum atomic E-state index is 13.5. The maximum Gasteiger partial charge on any atom is 0.264 e. The summed E-state index contributed by atoms with van der Waals surface area (Å²) in [5, 5.41) is 12.4. The molecule has 2 aliphatic heterocycles. The predicted molar refractivity (Wildman–Crippen MR) is 188 cm³/mol. The molecule has 6 atom stereocenters. The molecule has 3 aromatic rings. The van der Waals surface area contributed by atoms with Crippen molar-refractivity contribution in [2.75, 3.05) is 24.6 Å². The second-order valence-corrected chi connectivity index (χ2v) is 17.0. The van der Waals surface area contributed by atoms with Gasteiger partial charge in [0.05, 0.1) is 23.1 Å². The first-order valence-corrected chi connectivity index (χ1v) is 19.1. The number of aliphatic hydroxyl groups is 1. The number of aryl methyl sites for hydroxylation is 1. The molecule has 254 valence electrons. The van der Waals surface area contributed by atoms with E-state index in [1.807, 2.05) is 43.3 Å². The van der Waals surface area contributed by atoms with E-state index in [4.69, 9.17) is 16.3 Å². The van der Waals surface area contributed by atoms with Gasteiger partial charge in [-0.25, -0.2) is 13.1 Å². The van der Waals surface area contributed by atoms with E-state index in [2.05, 4.69) is 26.7 Å². The molecule has 10 heteroatoms. The number of sulfonamides is 1. The van der Waals surface area contributed by atoms with E-state index in [1.165, 1.54) is 11.1 Å². The van der Waals surface area contributed by atoms with Crippen LogP contribution >= 0.6 is 11.6 Å². The number of rotatable bonds is 2. The number of benzene rings is 2. The summed E-state index contributed by atoms with van der Waals surface area (Å²) in [5.41, 5.74) is 2.85. The van der Waals surface area contributed by atoms with Gasteiger partial charge in [0.1, 0.15) is 5.75 Å². The maximum absolute atomic E-state index is 13.5. The molecule has 4 aliphatic rings. The molecule has 1 aromatic heterocycles. The molecule has 1 amide bonds. The molecule has 0 radical (unpaired) electrons. The first-order chi connectivity index (χ1) is 23.0. The largest absolute Gasteiger partial charge is 0.490 e. The number of hydrogen-bond acceptors (Lipinski definition) is 7. The van der Waals surface area contributed by atoms with Gasteiger partial charge in [0.2, 0.25) is 10.0 Å². The van der Waals surface area contributed by atoms with Crippen molar-refractivity contribution < 1.29 is 23.1 Å². The Bertz CT molecular complexity index is 1830. The van der Waals surface area contributed by atoms with E-state index < -0.39 is 26.8 Å². The lowest BCUT2D eigenvalue weighted by atomic mass is 9.62. The molecule has 8 nitrogen and oxygen atoms in total. The minimum atomic E-state index is -3.98. The Morgan fingerprint density at radius 1 is 1.12 bits per heavy atom. The topological polar surface area (TPSA) is 109 Å². The van der Waals surface area contributed by atoms with E-state index in [0.29, 0.717) is 38.3 Å². The standard InChI is InChI=1S/C38H44ClN3O5S/c1-25-7-5-17-38(44,21-31-9-3-4-18-40-31)33-13-10-29(33)22-42-23-37(16-6-8-27-19-30(39)12-14-32(27)37)24-47-35-15-11-28(20-34(35)42)36(43)41-48(45,46)26(25)2/h3-5,9,11-12,14-15,17-20,25-26,29,33,44H,6-8,10,13,16,21-24H2,1-2H3,(H,41,43)/b17-5+/t25-,26+,29-,33+,37-,38-/m0/s1. The van der Waals surface area contributed by atoms with Crippen molar-refractivity contribution in [2.24, 2.45) is 17.8 Å². The fourth-order valence-electron chi connectivity index (χ4n) is 8.36. The van der Waals surface area contributed by atoms with Crippen LogP contribution in [-0.2, 0) is 28.3 Å². The molecule has 0 saturated heterocycles. The Morgan fingerprint density at radius 3 is 2.75 bits per heavy atom. The number of ether oxygens (including phenoxy) is 1. The molecule has 2 aromatic carbocycles. The predicted octanol–water partition coefficient (Wildman–Crippen LogP) is 6.25. The van der Waals surface area contributed by atoms with Gasteiger partial charge in [0.15, 0.2) is 0 Å². The SMILES string of the molecule is C[C@@H]1[C@@H](C)C/C=C/[C@](O)(Cc2ccccn2)[C@@H]2CC[C@H]2CN2C[C@@]3(CCCc4cc(Cl)ccc43)COc3ccc(cc32)C(=O)NS1(=O)=O. The van der Waals surface area contributed by atoms with E-state index in [9.17, 15) is 18.3 Å². The smallest absolute Gasteiger partial charge is 0.264 e. The van der Waals surface area contributed by atoms with Crippen LogP contribution in [0, 0.1) is 17.8 Å². The van der Waals surface area contributed by atoms with Crippen molar-refractivity contribution in [1.29, 1.82) is 0 Å². The molecule has 2 bridgehead atoms. The first-order valence-electron chi connectivity index (χ1n) is 17.1. The van der Waals surface area contributed by atoms with Gasteiger partial charge in [-0.05, 0) is 117 Å². The van der Waals surface area contributed by atoms with Gasteiger partial charge in [-0.15, -0.1) is 0 Å². The molecular formula is C38H44ClN3O5S. The first kappa shape index (κ1) is 33.1. The van der Waals surface area contributed by atoms with Crippen molar-refractivity contribution in [3.05, 3.63) is 100 Å². The molecule has 48 heavy (non-hydrogen) atoms. The lowest BCUT2D eigenvalue weighted by Gasteiger charge is -2.49. The molecule has 0 unspecified atom stereocenters. The molecule has 3 heterocycles. The van der Waals surface area contributed by atoms with Crippen LogP contribution < -0.4 is 14.4 Å². The van der Waals surface area contributed by atoms with E-state index >= 15 is 0 Å². The summed E-state index contributed by atoms with van der Waals surface area (Å²) < 4.78 is 35.8.